The van der Waals surface area contributed by atoms with E-state index in [1.54, 1.807) is 0 Å². The molecule has 2 amide bonds. The molecule has 2 saturated heterocycles. The van der Waals surface area contributed by atoms with Crippen LogP contribution in [0.3, 0.4) is 0 Å². The minimum Gasteiger partial charge on any atom is -0.378 e. The molecule has 0 unspecified atom stereocenters. The Bertz CT molecular complexity index is 902. The summed E-state index contributed by atoms with van der Waals surface area (Å²) in [5.74, 6) is 0.378. The predicted octanol–water partition coefficient (Wildman–Crippen LogP) is 3.35. The third-order valence-corrected chi connectivity index (χ3v) is 6.78. The average molecular weight is 450 g/mol. The van der Waals surface area contributed by atoms with E-state index in [9.17, 15) is 9.59 Å². The first-order chi connectivity index (χ1) is 16.1. The van der Waals surface area contributed by atoms with Gasteiger partial charge in [0.25, 0.3) is 0 Å². The third kappa shape index (κ3) is 6.35. The van der Waals surface area contributed by atoms with Gasteiger partial charge in [0.15, 0.2) is 0 Å². The smallest absolute Gasteiger partial charge is 0.225 e. The molecule has 0 spiro atoms. The number of likely N-dealkylation sites (tertiary alicyclic amines) is 1. The third-order valence-electron chi connectivity index (χ3n) is 6.78. The second-order valence-corrected chi connectivity index (χ2v) is 9.10. The molecule has 6 nitrogen and oxygen atoms in total. The summed E-state index contributed by atoms with van der Waals surface area (Å²) in [5, 5.41) is 0. The Kier molecular flexibility index (Phi) is 8.00. The van der Waals surface area contributed by atoms with Gasteiger partial charge >= 0.3 is 0 Å². The summed E-state index contributed by atoms with van der Waals surface area (Å²) in [6.07, 6.45) is 2.79. The van der Waals surface area contributed by atoms with Crippen LogP contribution in [0, 0.1) is 5.92 Å². The van der Waals surface area contributed by atoms with Crippen molar-refractivity contribution < 1.29 is 14.3 Å². The van der Waals surface area contributed by atoms with Crippen LogP contribution in [0.4, 0.5) is 5.69 Å². The monoisotopic (exact) mass is 449 g/mol. The van der Waals surface area contributed by atoms with Crippen LogP contribution in [0.5, 0.6) is 0 Å². The van der Waals surface area contributed by atoms with Gasteiger partial charge in [-0.3, -0.25) is 9.59 Å². The maximum absolute atomic E-state index is 13.0. The maximum Gasteiger partial charge on any atom is 0.225 e. The van der Waals surface area contributed by atoms with Crippen LogP contribution in [-0.4, -0.2) is 68.1 Å². The second kappa shape index (κ2) is 11.3. The summed E-state index contributed by atoms with van der Waals surface area (Å²) >= 11 is 0. The van der Waals surface area contributed by atoms with Crippen molar-refractivity contribution in [2.45, 2.75) is 32.2 Å². The summed E-state index contributed by atoms with van der Waals surface area (Å²) in [6.45, 7) is 5.35. The minimum absolute atomic E-state index is 0.000737. The van der Waals surface area contributed by atoms with Crippen molar-refractivity contribution in [2.24, 2.45) is 5.92 Å². The summed E-state index contributed by atoms with van der Waals surface area (Å²) in [5.41, 5.74) is 3.53. The van der Waals surface area contributed by atoms with Crippen molar-refractivity contribution in [3.63, 3.8) is 0 Å². The SMILES string of the molecule is CN(Cc1ccc(N2CCOCC2)cc1)C(=O)C1CCN(C(=O)CCc2ccccc2)CC1. The Morgan fingerprint density at radius 2 is 1.58 bits per heavy atom. The number of carbonyl (C=O) groups excluding carboxylic acids is 2. The lowest BCUT2D eigenvalue weighted by molar-refractivity contribution is -0.140. The number of carbonyl (C=O) groups is 2. The zero-order valence-corrected chi connectivity index (χ0v) is 19.6. The van der Waals surface area contributed by atoms with Gasteiger partial charge in [0.1, 0.15) is 0 Å². The molecule has 0 radical (unpaired) electrons. The molecule has 4 rings (SSSR count). The van der Waals surface area contributed by atoms with E-state index >= 15 is 0 Å². The topological polar surface area (TPSA) is 53.1 Å². The first-order valence-electron chi connectivity index (χ1n) is 12.1. The molecule has 2 aliphatic rings. The van der Waals surface area contributed by atoms with E-state index in [-0.39, 0.29) is 17.7 Å². The number of hydrogen-bond acceptors (Lipinski definition) is 4. The first kappa shape index (κ1) is 23.3. The highest BCUT2D eigenvalue weighted by Crippen LogP contribution is 2.22. The highest BCUT2D eigenvalue weighted by atomic mass is 16.5. The Morgan fingerprint density at radius 1 is 0.909 bits per heavy atom. The van der Waals surface area contributed by atoms with Gasteiger partial charge in [-0.2, -0.15) is 0 Å². The zero-order valence-electron chi connectivity index (χ0n) is 19.6. The van der Waals surface area contributed by atoms with E-state index < -0.39 is 0 Å². The van der Waals surface area contributed by atoms with Crippen LogP contribution >= 0.6 is 0 Å². The standard InChI is InChI=1S/C27H35N3O3/c1-28(21-23-7-10-25(11-8-23)29-17-19-33-20-18-29)27(32)24-13-15-30(16-14-24)26(31)12-9-22-5-3-2-4-6-22/h2-8,10-11,24H,9,12-21H2,1H3. The molecule has 2 fully saturated rings. The number of benzene rings is 2. The zero-order chi connectivity index (χ0) is 23.0. The largest absolute Gasteiger partial charge is 0.378 e. The van der Waals surface area contributed by atoms with Gasteiger partial charge in [0.05, 0.1) is 13.2 Å². The molecule has 0 bridgehead atoms. The number of aryl methyl sites for hydroxylation is 1. The number of piperidine rings is 1. The molecule has 0 aliphatic carbocycles. The molecule has 0 saturated carbocycles. The quantitative estimate of drug-likeness (QED) is 0.651. The van der Waals surface area contributed by atoms with Crippen LogP contribution in [0.2, 0.25) is 0 Å². The second-order valence-electron chi connectivity index (χ2n) is 9.10. The molecule has 6 heteroatoms. The molecule has 2 aliphatic heterocycles. The van der Waals surface area contributed by atoms with E-state index in [2.05, 4.69) is 41.3 Å². The van der Waals surface area contributed by atoms with E-state index in [0.717, 1.165) is 51.1 Å². The van der Waals surface area contributed by atoms with Crippen molar-refractivity contribution in [1.29, 1.82) is 0 Å². The Morgan fingerprint density at radius 3 is 2.24 bits per heavy atom. The minimum atomic E-state index is 0.000737. The molecule has 2 aromatic carbocycles. The number of hydrogen-bond donors (Lipinski definition) is 0. The highest BCUT2D eigenvalue weighted by molar-refractivity contribution is 5.80. The van der Waals surface area contributed by atoms with Crippen LogP contribution in [0.15, 0.2) is 54.6 Å². The normalized spacial score (nSPS) is 17.1. The van der Waals surface area contributed by atoms with E-state index in [1.807, 2.05) is 35.0 Å². The van der Waals surface area contributed by atoms with Gasteiger partial charge < -0.3 is 19.4 Å². The van der Waals surface area contributed by atoms with E-state index in [0.29, 0.717) is 26.1 Å². The summed E-state index contributed by atoms with van der Waals surface area (Å²) in [4.78, 5) is 31.7. The summed E-state index contributed by atoms with van der Waals surface area (Å²) < 4.78 is 5.42. The maximum atomic E-state index is 13.0. The number of amides is 2. The van der Waals surface area contributed by atoms with Crippen molar-refractivity contribution in [3.05, 3.63) is 65.7 Å². The Labute approximate surface area is 197 Å². The molecule has 33 heavy (non-hydrogen) atoms. The number of ether oxygens (including phenoxy) is 1. The number of anilines is 1. The first-order valence-corrected chi connectivity index (χ1v) is 12.1. The fourth-order valence-corrected chi connectivity index (χ4v) is 4.73. The van der Waals surface area contributed by atoms with Gasteiger partial charge in [0, 0.05) is 57.8 Å². The van der Waals surface area contributed by atoms with Gasteiger partial charge in [0.2, 0.25) is 11.8 Å². The van der Waals surface area contributed by atoms with Crippen molar-refractivity contribution in [2.75, 3.05) is 51.3 Å². The lowest BCUT2D eigenvalue weighted by atomic mass is 9.94. The average Bonchev–Trinajstić information content (AvgIpc) is 2.88. The lowest BCUT2D eigenvalue weighted by Gasteiger charge is -2.33. The van der Waals surface area contributed by atoms with Crippen LogP contribution in [0.25, 0.3) is 0 Å². The summed E-state index contributed by atoms with van der Waals surface area (Å²) in [7, 11) is 1.88. The lowest BCUT2D eigenvalue weighted by Crippen LogP contribution is -2.43. The fourth-order valence-electron chi connectivity index (χ4n) is 4.73. The van der Waals surface area contributed by atoms with Crippen molar-refractivity contribution in [1.82, 2.24) is 9.80 Å². The van der Waals surface area contributed by atoms with Crippen LogP contribution in [0.1, 0.15) is 30.4 Å². The van der Waals surface area contributed by atoms with Crippen molar-refractivity contribution in [3.8, 4) is 0 Å². The highest BCUT2D eigenvalue weighted by Gasteiger charge is 2.29. The predicted molar refractivity (Wildman–Crippen MR) is 130 cm³/mol. The van der Waals surface area contributed by atoms with Gasteiger partial charge in [-0.25, -0.2) is 0 Å². The van der Waals surface area contributed by atoms with Gasteiger partial charge in [-0.1, -0.05) is 42.5 Å². The van der Waals surface area contributed by atoms with Crippen LogP contribution < -0.4 is 4.90 Å². The molecule has 0 aromatic heterocycles. The fraction of sp³-hybridized carbons (Fsp3) is 0.481. The van der Waals surface area contributed by atoms with E-state index in [1.165, 1.54) is 11.3 Å². The number of nitrogens with zero attached hydrogens (tertiary/aromatic N) is 3. The molecule has 0 atom stereocenters. The number of rotatable bonds is 7. The van der Waals surface area contributed by atoms with Crippen LogP contribution in [-0.2, 0) is 27.3 Å². The van der Waals surface area contributed by atoms with E-state index in [4.69, 9.17) is 4.74 Å². The molecule has 2 heterocycles. The van der Waals surface area contributed by atoms with Gasteiger partial charge in [-0.15, -0.1) is 0 Å². The Balaban J connectivity index is 1.21. The molecular formula is C27H35N3O3. The molecular weight excluding hydrogens is 414 g/mol. The van der Waals surface area contributed by atoms with Gasteiger partial charge in [-0.05, 0) is 42.5 Å². The summed E-state index contributed by atoms with van der Waals surface area (Å²) in [6, 6.07) is 18.6. The molecule has 2 aromatic rings. The van der Waals surface area contributed by atoms with Crippen molar-refractivity contribution >= 4 is 17.5 Å². The molecule has 176 valence electrons. The Hall–Kier alpha value is -2.86. The molecule has 0 N–H and O–H groups in total. The number of morpholine rings is 1.